The molecule has 4 heterocycles. The van der Waals surface area contributed by atoms with Crippen LogP contribution < -0.4 is 5.73 Å². The van der Waals surface area contributed by atoms with E-state index in [4.69, 9.17) is 19.9 Å². The third-order valence-electron chi connectivity index (χ3n) is 6.41. The molecule has 32 heavy (non-hydrogen) atoms. The fourth-order valence-electron chi connectivity index (χ4n) is 5.02. The average molecular weight is 431 g/mol. The number of anilines is 1. The van der Waals surface area contributed by atoms with E-state index in [2.05, 4.69) is 37.7 Å². The highest BCUT2D eigenvalue weighted by atomic mass is 16.8. The Morgan fingerprint density at radius 2 is 2.00 bits per heavy atom. The fraction of sp³-hybridized carbons (Fsp3) is 0.375. The molecule has 8 nitrogen and oxygen atoms in total. The number of benzene rings is 1. The largest absolute Gasteiger partial charge is 0.383 e. The number of rotatable bonds is 4. The quantitative estimate of drug-likeness (QED) is 0.527. The molecule has 0 bridgehead atoms. The molecule has 4 atom stereocenters. The van der Waals surface area contributed by atoms with Gasteiger partial charge in [-0.15, -0.1) is 0 Å². The molecule has 2 fully saturated rings. The molecule has 6 rings (SSSR count). The molecule has 0 unspecified atom stereocenters. The summed E-state index contributed by atoms with van der Waals surface area (Å²) in [6.45, 7) is 4.39. The van der Waals surface area contributed by atoms with Gasteiger partial charge in [0.25, 0.3) is 0 Å². The van der Waals surface area contributed by atoms with Crippen molar-refractivity contribution in [2.45, 2.75) is 57.0 Å². The van der Waals surface area contributed by atoms with Crippen molar-refractivity contribution in [1.82, 2.24) is 19.5 Å². The maximum Gasteiger partial charge on any atom is 0.164 e. The Bertz CT molecular complexity index is 1300. The summed E-state index contributed by atoms with van der Waals surface area (Å²) >= 11 is 0. The van der Waals surface area contributed by atoms with Gasteiger partial charge in [-0.3, -0.25) is 4.98 Å². The van der Waals surface area contributed by atoms with Crippen molar-refractivity contribution in [3.63, 3.8) is 0 Å². The van der Waals surface area contributed by atoms with E-state index in [1.165, 1.54) is 6.33 Å². The van der Waals surface area contributed by atoms with Gasteiger partial charge in [0.05, 0.1) is 29.7 Å². The highest BCUT2D eigenvalue weighted by Crippen LogP contribution is 2.46. The molecular weight excluding hydrogens is 406 g/mol. The van der Waals surface area contributed by atoms with Crippen LogP contribution in [0.2, 0.25) is 0 Å². The summed E-state index contributed by atoms with van der Waals surface area (Å²) in [6, 6.07) is 12.2. The van der Waals surface area contributed by atoms with Gasteiger partial charge in [0, 0.05) is 17.8 Å². The Kier molecular flexibility index (Phi) is 4.43. The first-order valence-electron chi connectivity index (χ1n) is 10.9. The predicted molar refractivity (Wildman–Crippen MR) is 120 cm³/mol. The number of aromatic nitrogens is 4. The zero-order valence-corrected chi connectivity index (χ0v) is 18.0. The van der Waals surface area contributed by atoms with E-state index in [-0.39, 0.29) is 24.4 Å². The van der Waals surface area contributed by atoms with Crippen molar-refractivity contribution in [3.8, 4) is 0 Å². The molecule has 0 spiro atoms. The zero-order chi connectivity index (χ0) is 21.9. The maximum atomic E-state index is 6.41. The van der Waals surface area contributed by atoms with E-state index >= 15 is 0 Å². The number of nitrogens with two attached hydrogens (primary N) is 1. The van der Waals surface area contributed by atoms with Crippen LogP contribution in [-0.2, 0) is 20.8 Å². The lowest BCUT2D eigenvalue weighted by Crippen LogP contribution is -2.30. The van der Waals surface area contributed by atoms with Gasteiger partial charge in [-0.1, -0.05) is 12.1 Å². The molecule has 4 aromatic rings. The van der Waals surface area contributed by atoms with Gasteiger partial charge in [-0.25, -0.2) is 9.97 Å². The molecule has 1 saturated carbocycles. The Hall–Kier alpha value is -3.07. The summed E-state index contributed by atoms with van der Waals surface area (Å²) in [5, 5.41) is 1.95. The van der Waals surface area contributed by atoms with Crippen LogP contribution in [-0.4, -0.2) is 43.6 Å². The second-order valence-electron chi connectivity index (χ2n) is 8.97. The van der Waals surface area contributed by atoms with Crippen LogP contribution in [0.4, 0.5) is 5.82 Å². The van der Waals surface area contributed by atoms with Crippen LogP contribution in [0, 0.1) is 0 Å². The highest BCUT2D eigenvalue weighted by Gasteiger charge is 2.55. The van der Waals surface area contributed by atoms with Gasteiger partial charge in [0.1, 0.15) is 30.0 Å². The van der Waals surface area contributed by atoms with Crippen molar-refractivity contribution in [3.05, 3.63) is 60.7 Å². The average Bonchev–Trinajstić information content (AvgIpc) is 3.44. The molecule has 1 aliphatic heterocycles. The molecule has 0 radical (unpaired) electrons. The molecule has 1 aromatic carbocycles. The molecule has 0 amide bonds. The van der Waals surface area contributed by atoms with Gasteiger partial charge in [0.15, 0.2) is 5.79 Å². The van der Waals surface area contributed by atoms with Crippen molar-refractivity contribution in [2.75, 3.05) is 5.73 Å². The second kappa shape index (κ2) is 7.23. The second-order valence-corrected chi connectivity index (χ2v) is 8.97. The normalized spacial score (nSPS) is 26.7. The number of nitrogens with zero attached hydrogens (tertiary/aromatic N) is 4. The van der Waals surface area contributed by atoms with E-state index in [0.29, 0.717) is 12.4 Å². The van der Waals surface area contributed by atoms with Crippen molar-refractivity contribution < 1.29 is 14.2 Å². The summed E-state index contributed by atoms with van der Waals surface area (Å²) in [5.41, 5.74) is 8.94. The minimum absolute atomic E-state index is 0.0272. The first kappa shape index (κ1) is 19.6. The van der Waals surface area contributed by atoms with E-state index in [1.807, 2.05) is 38.2 Å². The number of fused-ring (bicyclic) bond motifs is 3. The Balaban J connectivity index is 1.28. The van der Waals surface area contributed by atoms with Crippen LogP contribution in [0.15, 0.2) is 55.1 Å². The highest BCUT2D eigenvalue weighted by molar-refractivity contribution is 5.86. The Morgan fingerprint density at radius 1 is 1.12 bits per heavy atom. The molecule has 3 aromatic heterocycles. The first-order chi connectivity index (χ1) is 15.5. The molecule has 2 aliphatic rings. The topological polar surface area (TPSA) is 97.3 Å². The molecule has 164 valence electrons. The van der Waals surface area contributed by atoms with Gasteiger partial charge in [0.2, 0.25) is 0 Å². The van der Waals surface area contributed by atoms with Crippen molar-refractivity contribution in [2.24, 2.45) is 0 Å². The zero-order valence-electron chi connectivity index (χ0n) is 18.0. The van der Waals surface area contributed by atoms with Crippen molar-refractivity contribution >= 4 is 27.8 Å². The first-order valence-corrected chi connectivity index (χ1v) is 10.9. The standard InChI is InChI=1S/C24H25N5O3/c1-24(2)31-20-18(29-9-7-16-22(25)27-13-28-23(16)29)11-19(21(20)32-24)30-12-14-5-6-17-15(10-14)4-3-8-26-17/h3-10,13,18-21H,11-12H2,1-2H3,(H2,25,27,28)/t18-,19+,20+,21-/m1/s1. The minimum atomic E-state index is -0.665. The maximum absolute atomic E-state index is 6.41. The van der Waals surface area contributed by atoms with E-state index < -0.39 is 5.79 Å². The molecule has 8 heteroatoms. The summed E-state index contributed by atoms with van der Waals surface area (Å²) in [6.07, 6.45) is 5.67. The monoisotopic (exact) mass is 431 g/mol. The minimum Gasteiger partial charge on any atom is -0.383 e. The summed E-state index contributed by atoms with van der Waals surface area (Å²) in [4.78, 5) is 13.0. The van der Waals surface area contributed by atoms with E-state index in [9.17, 15) is 0 Å². The SMILES string of the molecule is CC1(C)O[C@@H]2[C@H](O1)[C@@H](OCc1ccc3ncccc3c1)C[C@H]2n1ccc2c(N)ncnc21. The third-order valence-corrected chi connectivity index (χ3v) is 6.41. The lowest BCUT2D eigenvalue weighted by Gasteiger charge is -2.24. The number of ether oxygens (including phenoxy) is 3. The number of hydrogen-bond acceptors (Lipinski definition) is 7. The van der Waals surface area contributed by atoms with Crippen LogP contribution in [0.25, 0.3) is 21.9 Å². The van der Waals surface area contributed by atoms with Crippen molar-refractivity contribution in [1.29, 1.82) is 0 Å². The molecule has 1 saturated heterocycles. The van der Waals surface area contributed by atoms with Gasteiger partial charge >= 0.3 is 0 Å². The summed E-state index contributed by atoms with van der Waals surface area (Å²) in [7, 11) is 0. The Labute approximate surface area is 185 Å². The Morgan fingerprint density at radius 3 is 2.91 bits per heavy atom. The van der Waals surface area contributed by atoms with E-state index in [0.717, 1.165) is 33.9 Å². The van der Waals surface area contributed by atoms with Gasteiger partial charge < -0.3 is 24.5 Å². The van der Waals surface area contributed by atoms with Gasteiger partial charge in [-0.05, 0) is 50.1 Å². The number of pyridine rings is 1. The number of nitrogen functional groups attached to an aromatic ring is 1. The molecule has 2 N–H and O–H groups in total. The lowest BCUT2D eigenvalue weighted by atomic mass is 10.1. The van der Waals surface area contributed by atoms with Gasteiger partial charge in [-0.2, -0.15) is 0 Å². The third kappa shape index (κ3) is 3.23. The summed E-state index contributed by atoms with van der Waals surface area (Å²) < 4.78 is 21.1. The smallest absolute Gasteiger partial charge is 0.164 e. The van der Waals surface area contributed by atoms with Crippen LogP contribution in [0.3, 0.4) is 0 Å². The van der Waals surface area contributed by atoms with E-state index in [1.54, 1.807) is 6.20 Å². The lowest BCUT2D eigenvalue weighted by molar-refractivity contribution is -0.171. The predicted octanol–water partition coefficient (Wildman–Crippen LogP) is 3.61. The van der Waals surface area contributed by atoms with Crippen LogP contribution in [0.5, 0.6) is 0 Å². The number of hydrogen-bond donors (Lipinski definition) is 1. The summed E-state index contributed by atoms with van der Waals surface area (Å²) in [5.74, 6) is -0.188. The molecular formula is C24H25N5O3. The fourth-order valence-corrected chi connectivity index (χ4v) is 5.02. The van der Waals surface area contributed by atoms with Crippen LogP contribution in [0.1, 0.15) is 31.9 Å². The molecule has 1 aliphatic carbocycles. The van der Waals surface area contributed by atoms with Crippen LogP contribution >= 0.6 is 0 Å².